The third kappa shape index (κ3) is 7.36. The molecule has 2 aromatic rings. The van der Waals surface area contributed by atoms with E-state index >= 15 is 0 Å². The maximum Gasteiger partial charge on any atom is 0.241 e. The van der Waals surface area contributed by atoms with E-state index in [-0.39, 0.29) is 10.8 Å². The Morgan fingerprint density at radius 3 is 1.94 bits per heavy atom. The monoisotopic (exact) mass is 478 g/mol. The molecule has 9 heteroatoms. The van der Waals surface area contributed by atoms with Crippen molar-refractivity contribution in [3.63, 3.8) is 0 Å². The molecule has 0 saturated carbocycles. The normalized spacial score (nSPS) is 11.7. The van der Waals surface area contributed by atoms with Gasteiger partial charge in [-0.05, 0) is 62.6 Å². The van der Waals surface area contributed by atoms with Crippen molar-refractivity contribution in [2.24, 2.45) is 0 Å². The molecule has 2 aromatic carbocycles. The molecular weight excluding hydrogens is 444 g/mol. The number of carbonyl (C=O) groups is 1. The molecule has 0 unspecified atom stereocenters. The zero-order chi connectivity index (χ0) is 24.8. The minimum atomic E-state index is -3.59. The molecule has 0 saturated heterocycles. The first-order chi connectivity index (χ1) is 15.4. The quantitative estimate of drug-likeness (QED) is 0.563. The highest BCUT2D eigenvalue weighted by Gasteiger charge is 2.22. The zero-order valence-corrected chi connectivity index (χ0v) is 21.2. The van der Waals surface area contributed by atoms with Gasteiger partial charge in [0.05, 0.1) is 26.2 Å². The number of sulfonamides is 1. The summed E-state index contributed by atoms with van der Waals surface area (Å²) in [6, 6.07) is 10.2. The molecule has 0 bridgehead atoms. The van der Waals surface area contributed by atoms with E-state index in [1.165, 1.54) is 0 Å². The van der Waals surface area contributed by atoms with E-state index in [0.29, 0.717) is 36.6 Å². The molecule has 0 radical (unpaired) electrons. The van der Waals surface area contributed by atoms with Crippen molar-refractivity contribution < 1.29 is 27.4 Å². The van der Waals surface area contributed by atoms with E-state index in [0.717, 1.165) is 11.1 Å². The van der Waals surface area contributed by atoms with E-state index in [1.54, 1.807) is 78.3 Å². The van der Waals surface area contributed by atoms with E-state index in [9.17, 15) is 13.2 Å². The molecule has 1 N–H and O–H groups in total. The molecule has 0 fully saturated rings. The highest BCUT2D eigenvalue weighted by atomic mass is 32.2. The number of nitrogens with one attached hydrogen (secondary N) is 1. The molecule has 0 atom stereocenters. The Bertz CT molecular complexity index is 1030. The maximum atomic E-state index is 12.7. The van der Waals surface area contributed by atoms with Crippen molar-refractivity contribution in [1.29, 1.82) is 0 Å². The second-order valence-corrected chi connectivity index (χ2v) is 10.5. The number of rotatable bonds is 10. The largest absolute Gasteiger partial charge is 0.493 e. The Morgan fingerprint density at radius 2 is 1.48 bits per heavy atom. The van der Waals surface area contributed by atoms with Gasteiger partial charge in [-0.1, -0.05) is 12.1 Å². The standard InChI is InChI=1S/C24H34N2O6S/c1-24(2,3)25-33(28,29)19-11-8-17(9-12-19)10-13-22(27)26(4)16-18-14-20(30-5)23(32-7)21(15-18)31-6/h8-9,11-12,14-15,25H,10,13,16H2,1-7H3. The summed E-state index contributed by atoms with van der Waals surface area (Å²) in [6.07, 6.45) is 0.804. The lowest BCUT2D eigenvalue weighted by atomic mass is 10.1. The smallest absolute Gasteiger partial charge is 0.241 e. The number of hydrogen-bond acceptors (Lipinski definition) is 6. The topological polar surface area (TPSA) is 94.2 Å². The molecule has 0 spiro atoms. The molecular formula is C24H34N2O6S. The van der Waals surface area contributed by atoms with Crippen LogP contribution in [0, 0.1) is 0 Å². The van der Waals surface area contributed by atoms with Gasteiger partial charge in [0.15, 0.2) is 11.5 Å². The summed E-state index contributed by atoms with van der Waals surface area (Å²) in [4.78, 5) is 14.5. The van der Waals surface area contributed by atoms with E-state index in [1.807, 2.05) is 12.1 Å². The third-order valence-electron chi connectivity index (χ3n) is 4.87. The Hall–Kier alpha value is -2.78. The SMILES string of the molecule is COc1cc(CN(C)C(=O)CCc2ccc(S(=O)(=O)NC(C)(C)C)cc2)cc(OC)c1OC. The van der Waals surface area contributed by atoms with Crippen LogP contribution in [0.5, 0.6) is 17.2 Å². The molecule has 2 rings (SSSR count). The lowest BCUT2D eigenvalue weighted by molar-refractivity contribution is -0.130. The number of carbonyl (C=O) groups excluding carboxylic acids is 1. The van der Waals surface area contributed by atoms with Crippen LogP contribution in [0.3, 0.4) is 0 Å². The van der Waals surface area contributed by atoms with E-state index in [4.69, 9.17) is 14.2 Å². The van der Waals surface area contributed by atoms with Crippen molar-refractivity contribution >= 4 is 15.9 Å². The van der Waals surface area contributed by atoms with Crippen molar-refractivity contribution in [1.82, 2.24) is 9.62 Å². The Balaban J connectivity index is 2.01. The molecule has 0 aliphatic carbocycles. The van der Waals surface area contributed by atoms with Crippen LogP contribution in [0.1, 0.15) is 38.3 Å². The Labute approximate surface area is 196 Å². The Kier molecular flexibility index (Phi) is 8.74. The maximum absolute atomic E-state index is 12.7. The summed E-state index contributed by atoms with van der Waals surface area (Å²) >= 11 is 0. The average molecular weight is 479 g/mol. The highest BCUT2D eigenvalue weighted by molar-refractivity contribution is 7.89. The lowest BCUT2D eigenvalue weighted by Gasteiger charge is -2.20. The molecule has 1 amide bonds. The van der Waals surface area contributed by atoms with Crippen LogP contribution < -0.4 is 18.9 Å². The second kappa shape index (κ2) is 10.9. The van der Waals surface area contributed by atoms with Crippen LogP contribution in [-0.2, 0) is 27.8 Å². The first kappa shape index (κ1) is 26.5. The molecule has 8 nitrogen and oxygen atoms in total. The molecule has 0 aromatic heterocycles. The van der Waals surface area contributed by atoms with Gasteiger partial charge >= 0.3 is 0 Å². The van der Waals surface area contributed by atoms with Gasteiger partial charge in [-0.15, -0.1) is 0 Å². The van der Waals surface area contributed by atoms with Gasteiger partial charge in [-0.3, -0.25) is 4.79 Å². The number of ether oxygens (including phenoxy) is 3. The second-order valence-electron chi connectivity index (χ2n) is 8.78. The van der Waals surface area contributed by atoms with E-state index in [2.05, 4.69) is 4.72 Å². The predicted molar refractivity (Wildman–Crippen MR) is 127 cm³/mol. The minimum absolute atomic E-state index is 0.0325. The van der Waals surface area contributed by atoms with E-state index < -0.39 is 15.6 Å². The number of methoxy groups -OCH3 is 3. The molecule has 33 heavy (non-hydrogen) atoms. The summed E-state index contributed by atoms with van der Waals surface area (Å²) in [6.45, 7) is 5.75. The fourth-order valence-electron chi connectivity index (χ4n) is 3.33. The van der Waals surface area contributed by atoms with Crippen molar-refractivity contribution in [3.8, 4) is 17.2 Å². The first-order valence-electron chi connectivity index (χ1n) is 10.6. The van der Waals surface area contributed by atoms with Gasteiger partial charge in [-0.2, -0.15) is 0 Å². The summed E-state index contributed by atoms with van der Waals surface area (Å²) < 4.78 is 43.5. The predicted octanol–water partition coefficient (Wildman–Crippen LogP) is 3.38. The van der Waals surface area contributed by atoms with Crippen LogP contribution in [0.25, 0.3) is 0 Å². The lowest BCUT2D eigenvalue weighted by Crippen LogP contribution is -2.40. The molecule has 0 heterocycles. The Morgan fingerprint density at radius 1 is 0.939 bits per heavy atom. The van der Waals surface area contributed by atoms with Crippen LogP contribution in [0.4, 0.5) is 0 Å². The summed E-state index contributed by atoms with van der Waals surface area (Å²) in [7, 11) is 2.79. The highest BCUT2D eigenvalue weighted by Crippen LogP contribution is 2.38. The van der Waals surface area contributed by atoms with Crippen LogP contribution >= 0.6 is 0 Å². The van der Waals surface area contributed by atoms with Gasteiger partial charge in [-0.25, -0.2) is 13.1 Å². The molecule has 0 aliphatic rings. The van der Waals surface area contributed by atoms with Crippen LogP contribution in [0.15, 0.2) is 41.3 Å². The number of nitrogens with zero attached hydrogens (tertiary/aromatic N) is 1. The summed E-state index contributed by atoms with van der Waals surface area (Å²) in [5.41, 5.74) is 1.17. The summed E-state index contributed by atoms with van der Waals surface area (Å²) in [5.74, 6) is 1.53. The number of benzene rings is 2. The first-order valence-corrected chi connectivity index (χ1v) is 12.0. The molecule has 0 aliphatic heterocycles. The zero-order valence-electron chi connectivity index (χ0n) is 20.4. The number of amides is 1. The fourth-order valence-corrected chi connectivity index (χ4v) is 4.75. The van der Waals surface area contributed by atoms with Gasteiger partial charge in [0.2, 0.25) is 21.7 Å². The van der Waals surface area contributed by atoms with Crippen LogP contribution in [-0.4, -0.2) is 53.1 Å². The van der Waals surface area contributed by atoms with Gasteiger partial charge in [0.1, 0.15) is 0 Å². The molecule has 182 valence electrons. The van der Waals surface area contributed by atoms with Crippen molar-refractivity contribution in [2.75, 3.05) is 28.4 Å². The van der Waals surface area contributed by atoms with Gasteiger partial charge in [0.25, 0.3) is 0 Å². The number of hydrogen-bond donors (Lipinski definition) is 1. The van der Waals surface area contributed by atoms with Gasteiger partial charge < -0.3 is 19.1 Å². The fraction of sp³-hybridized carbons (Fsp3) is 0.458. The average Bonchev–Trinajstić information content (AvgIpc) is 2.75. The van der Waals surface area contributed by atoms with Crippen LogP contribution in [0.2, 0.25) is 0 Å². The van der Waals surface area contributed by atoms with Crippen molar-refractivity contribution in [3.05, 3.63) is 47.5 Å². The third-order valence-corrected chi connectivity index (χ3v) is 6.65. The number of aryl methyl sites for hydroxylation is 1. The van der Waals surface area contributed by atoms with Crippen molar-refractivity contribution in [2.45, 2.75) is 50.6 Å². The van der Waals surface area contributed by atoms with Gasteiger partial charge in [0, 0.05) is 25.6 Å². The minimum Gasteiger partial charge on any atom is -0.493 e. The summed E-state index contributed by atoms with van der Waals surface area (Å²) in [5, 5.41) is 0.